The first kappa shape index (κ1) is 9.01. The molecule has 75 valence electrons. The molecule has 1 aliphatic carbocycles. The molecule has 0 heterocycles. The summed E-state index contributed by atoms with van der Waals surface area (Å²) in [5.74, 6) is 0. The van der Waals surface area contributed by atoms with Gasteiger partial charge in [-0.25, -0.2) is 0 Å². The van der Waals surface area contributed by atoms with Gasteiger partial charge in [-0.2, -0.15) is 0 Å². The van der Waals surface area contributed by atoms with Gasteiger partial charge in [0, 0.05) is 4.91 Å². The maximum atomic E-state index is 8.62. The molecule has 1 aliphatic rings. The maximum absolute atomic E-state index is 8.62. The molecule has 1 radical (unpaired) electrons. The van der Waals surface area contributed by atoms with Crippen LogP contribution in [0.25, 0.3) is 21.6 Å². The fourth-order valence-corrected chi connectivity index (χ4v) is 2.15. The molecular weight excluding hydrogens is 198 g/mol. The summed E-state index contributed by atoms with van der Waals surface area (Å²) in [7, 11) is 0. The van der Waals surface area contributed by atoms with Crippen molar-refractivity contribution in [3.05, 3.63) is 76.1 Å². The molecule has 0 saturated heterocycles. The number of nitrogens with zero attached hydrogens (tertiary/aromatic N) is 3. The summed E-state index contributed by atoms with van der Waals surface area (Å²) >= 11 is 0. The van der Waals surface area contributed by atoms with E-state index in [0.717, 1.165) is 28.3 Å². The summed E-state index contributed by atoms with van der Waals surface area (Å²) in [6, 6.07) is 16.7. The Hall–Kier alpha value is -2.25. The highest BCUT2D eigenvalue weighted by atomic mass is 15.1. The Labute approximate surface area is 93.0 Å². The fourth-order valence-electron chi connectivity index (χ4n) is 2.15. The van der Waals surface area contributed by atoms with Gasteiger partial charge in [0.25, 0.3) is 0 Å². The third-order valence-electron chi connectivity index (χ3n) is 2.80. The molecule has 0 amide bonds. The van der Waals surface area contributed by atoms with Crippen molar-refractivity contribution in [1.82, 2.24) is 0 Å². The lowest BCUT2D eigenvalue weighted by Crippen LogP contribution is -1.91. The normalized spacial score (nSPS) is 12.8. The molecule has 0 bridgehead atoms. The van der Waals surface area contributed by atoms with Gasteiger partial charge in [0.1, 0.15) is 6.04 Å². The number of hydrogen-bond acceptors (Lipinski definition) is 1. The summed E-state index contributed by atoms with van der Waals surface area (Å²) in [4.78, 5) is 2.90. The molecule has 16 heavy (non-hydrogen) atoms. The quantitative estimate of drug-likeness (QED) is 0.386. The van der Waals surface area contributed by atoms with Crippen molar-refractivity contribution in [2.24, 2.45) is 5.11 Å². The number of fused-ring (bicyclic) bond motifs is 3. The predicted molar refractivity (Wildman–Crippen MR) is 62.5 cm³/mol. The Morgan fingerprint density at radius 2 is 1.19 bits per heavy atom. The van der Waals surface area contributed by atoms with Gasteiger partial charge in [-0.15, -0.1) is 0 Å². The highest BCUT2D eigenvalue weighted by Gasteiger charge is 2.27. The van der Waals surface area contributed by atoms with Gasteiger partial charge in [0.05, 0.1) is 0 Å². The second-order valence-electron chi connectivity index (χ2n) is 3.63. The summed E-state index contributed by atoms with van der Waals surface area (Å²) < 4.78 is 0. The van der Waals surface area contributed by atoms with E-state index in [1.165, 1.54) is 0 Å². The van der Waals surface area contributed by atoms with Crippen LogP contribution in [0.4, 0.5) is 0 Å². The second kappa shape index (κ2) is 3.40. The molecule has 0 aromatic heterocycles. The Morgan fingerprint density at radius 1 is 0.750 bits per heavy atom. The predicted octanol–water partition coefficient (Wildman–Crippen LogP) is 3.91. The molecule has 0 atom stereocenters. The minimum atomic E-state index is 0.730. The first-order valence-corrected chi connectivity index (χ1v) is 5.03. The first-order chi connectivity index (χ1) is 7.92. The topological polar surface area (TPSA) is 48.8 Å². The lowest BCUT2D eigenvalue weighted by atomic mass is 10.1. The van der Waals surface area contributed by atoms with Gasteiger partial charge in [-0.05, 0) is 27.8 Å². The van der Waals surface area contributed by atoms with Crippen molar-refractivity contribution in [2.45, 2.75) is 0 Å². The summed E-state index contributed by atoms with van der Waals surface area (Å²) in [5, 5.41) is 3.80. The number of hydrogen-bond donors (Lipinski definition) is 0. The summed E-state index contributed by atoms with van der Waals surface area (Å²) in [6.07, 6.45) is 0. The fraction of sp³-hybridized carbons (Fsp3) is 0. The van der Waals surface area contributed by atoms with Crippen LogP contribution in [-0.2, 0) is 0 Å². The Morgan fingerprint density at radius 3 is 1.62 bits per heavy atom. The summed E-state index contributed by atoms with van der Waals surface area (Å²) in [6.45, 7) is 0. The van der Waals surface area contributed by atoms with E-state index in [1.807, 2.05) is 48.5 Å². The minimum absolute atomic E-state index is 0.730. The van der Waals surface area contributed by atoms with Crippen LogP contribution in [-0.4, -0.2) is 0 Å². The number of azide groups is 1. The average molecular weight is 206 g/mol. The largest absolute Gasteiger partial charge is 0.119 e. The molecule has 3 heteroatoms. The molecule has 0 N–H and O–H groups in total. The van der Waals surface area contributed by atoms with Crippen molar-refractivity contribution in [3.63, 3.8) is 0 Å². The Kier molecular flexibility index (Phi) is 1.92. The van der Waals surface area contributed by atoms with Gasteiger partial charge >= 0.3 is 0 Å². The van der Waals surface area contributed by atoms with Crippen LogP contribution in [0.1, 0.15) is 11.1 Å². The molecule has 2 aromatic rings. The molecule has 0 saturated carbocycles. The summed E-state index contributed by atoms with van der Waals surface area (Å²) in [5.41, 5.74) is 12.9. The SMILES string of the molecule is [N-]=[N+]=N[C]1c2ccccc2-c2ccccc21. The zero-order valence-corrected chi connectivity index (χ0v) is 8.46. The molecule has 0 aliphatic heterocycles. The van der Waals surface area contributed by atoms with Crippen LogP contribution < -0.4 is 0 Å². The van der Waals surface area contributed by atoms with Crippen molar-refractivity contribution in [2.75, 3.05) is 0 Å². The Balaban J connectivity index is 2.33. The zero-order chi connectivity index (χ0) is 11.0. The van der Waals surface area contributed by atoms with Gasteiger partial charge in [-0.1, -0.05) is 53.6 Å². The highest BCUT2D eigenvalue weighted by molar-refractivity contribution is 5.83. The van der Waals surface area contributed by atoms with Crippen LogP contribution in [0.2, 0.25) is 0 Å². The van der Waals surface area contributed by atoms with E-state index in [4.69, 9.17) is 5.53 Å². The smallest absolute Gasteiger partial charge is 0.0763 e. The van der Waals surface area contributed by atoms with E-state index in [0.29, 0.717) is 0 Å². The van der Waals surface area contributed by atoms with E-state index in [-0.39, 0.29) is 0 Å². The van der Waals surface area contributed by atoms with Crippen molar-refractivity contribution in [3.8, 4) is 11.1 Å². The highest BCUT2D eigenvalue weighted by Crippen LogP contribution is 2.44. The standard InChI is InChI=1S/C13H8N3/c14-16-15-13-11-7-3-1-5-9(11)10-6-2-4-8-12(10)13/h1-8H. The zero-order valence-electron chi connectivity index (χ0n) is 8.46. The van der Waals surface area contributed by atoms with E-state index in [9.17, 15) is 0 Å². The molecule has 0 spiro atoms. The van der Waals surface area contributed by atoms with E-state index in [2.05, 4.69) is 10.0 Å². The van der Waals surface area contributed by atoms with Crippen molar-refractivity contribution in [1.29, 1.82) is 0 Å². The van der Waals surface area contributed by atoms with Crippen LogP contribution in [0.15, 0.2) is 53.6 Å². The van der Waals surface area contributed by atoms with Crippen molar-refractivity contribution >= 4 is 0 Å². The van der Waals surface area contributed by atoms with Gasteiger partial charge < -0.3 is 0 Å². The third-order valence-corrected chi connectivity index (χ3v) is 2.80. The lowest BCUT2D eigenvalue weighted by molar-refractivity contribution is 1.15. The number of rotatable bonds is 1. The van der Waals surface area contributed by atoms with Crippen LogP contribution in [0.5, 0.6) is 0 Å². The molecule has 0 fully saturated rings. The van der Waals surface area contributed by atoms with Gasteiger partial charge in [-0.3, -0.25) is 0 Å². The third kappa shape index (κ3) is 1.12. The molecule has 3 nitrogen and oxygen atoms in total. The first-order valence-electron chi connectivity index (χ1n) is 5.03. The molecule has 3 rings (SSSR count). The maximum Gasteiger partial charge on any atom is 0.119 e. The monoisotopic (exact) mass is 206 g/mol. The molecule has 2 aromatic carbocycles. The lowest BCUT2D eigenvalue weighted by Gasteiger charge is -2.03. The average Bonchev–Trinajstić information content (AvgIpc) is 2.66. The minimum Gasteiger partial charge on any atom is -0.0763 e. The number of benzene rings is 2. The van der Waals surface area contributed by atoms with Crippen LogP contribution >= 0.6 is 0 Å². The van der Waals surface area contributed by atoms with Crippen LogP contribution in [0, 0.1) is 6.04 Å². The van der Waals surface area contributed by atoms with E-state index in [1.54, 1.807) is 0 Å². The van der Waals surface area contributed by atoms with Crippen molar-refractivity contribution < 1.29 is 0 Å². The van der Waals surface area contributed by atoms with E-state index < -0.39 is 0 Å². The van der Waals surface area contributed by atoms with Gasteiger partial charge in [0.2, 0.25) is 0 Å². The van der Waals surface area contributed by atoms with Gasteiger partial charge in [0.15, 0.2) is 0 Å². The molecular formula is C13H8N3. The Bertz CT molecular complexity index is 552. The van der Waals surface area contributed by atoms with Crippen LogP contribution in [0.3, 0.4) is 0 Å². The second-order valence-corrected chi connectivity index (χ2v) is 3.63. The molecule has 0 unspecified atom stereocenters. The van der Waals surface area contributed by atoms with E-state index >= 15 is 0 Å².